The van der Waals surface area contributed by atoms with E-state index in [1.54, 1.807) is 13.8 Å². The molecule has 19 heavy (non-hydrogen) atoms. The molecule has 0 N–H and O–H groups in total. The van der Waals surface area contributed by atoms with Gasteiger partial charge in [-0.3, -0.25) is 4.79 Å². The van der Waals surface area contributed by atoms with E-state index in [4.69, 9.17) is 21.1 Å². The van der Waals surface area contributed by atoms with E-state index in [1.807, 2.05) is 0 Å². The SMILES string of the molecule is COC(C)Oc1c(S(C)(=O)=O)ccc(C(=O)Cl)c1C. The van der Waals surface area contributed by atoms with Gasteiger partial charge in [0.2, 0.25) is 0 Å². The maximum atomic E-state index is 11.7. The van der Waals surface area contributed by atoms with Crippen molar-refractivity contribution in [1.29, 1.82) is 0 Å². The molecule has 1 rings (SSSR count). The van der Waals surface area contributed by atoms with Crippen LogP contribution in [0.4, 0.5) is 0 Å². The van der Waals surface area contributed by atoms with Crippen molar-refractivity contribution in [3.05, 3.63) is 23.3 Å². The average Bonchev–Trinajstić information content (AvgIpc) is 2.29. The summed E-state index contributed by atoms with van der Waals surface area (Å²) in [6.07, 6.45) is 0.411. The van der Waals surface area contributed by atoms with E-state index < -0.39 is 21.4 Å². The summed E-state index contributed by atoms with van der Waals surface area (Å²) in [6, 6.07) is 2.67. The first-order valence-electron chi connectivity index (χ1n) is 5.41. The van der Waals surface area contributed by atoms with Crippen molar-refractivity contribution in [3.63, 3.8) is 0 Å². The molecule has 1 atom stereocenters. The fourth-order valence-electron chi connectivity index (χ4n) is 1.53. The van der Waals surface area contributed by atoms with Gasteiger partial charge in [0, 0.05) is 24.5 Å². The summed E-state index contributed by atoms with van der Waals surface area (Å²) in [5.74, 6) is 0.0864. The van der Waals surface area contributed by atoms with Crippen molar-refractivity contribution in [2.24, 2.45) is 0 Å². The summed E-state index contributed by atoms with van der Waals surface area (Å²) in [6.45, 7) is 3.18. The highest BCUT2D eigenvalue weighted by molar-refractivity contribution is 7.90. The average molecular weight is 307 g/mol. The second kappa shape index (κ2) is 5.90. The number of rotatable bonds is 5. The van der Waals surface area contributed by atoms with Crippen LogP contribution in [-0.4, -0.2) is 33.3 Å². The Hall–Kier alpha value is -1.11. The van der Waals surface area contributed by atoms with Crippen molar-refractivity contribution < 1.29 is 22.7 Å². The Labute approximate surface area is 117 Å². The van der Waals surface area contributed by atoms with Gasteiger partial charge in [0.25, 0.3) is 5.24 Å². The Morgan fingerprint density at radius 1 is 1.37 bits per heavy atom. The molecule has 1 unspecified atom stereocenters. The topological polar surface area (TPSA) is 69.7 Å². The molecule has 0 aliphatic rings. The Balaban J connectivity index is 3.51. The highest BCUT2D eigenvalue weighted by atomic mass is 35.5. The van der Waals surface area contributed by atoms with Crippen LogP contribution in [0.25, 0.3) is 0 Å². The molecular weight excluding hydrogens is 292 g/mol. The predicted octanol–water partition coefficient (Wildman–Crippen LogP) is 2.15. The zero-order chi connectivity index (χ0) is 14.8. The smallest absolute Gasteiger partial charge is 0.252 e. The Morgan fingerprint density at radius 2 is 1.95 bits per heavy atom. The third kappa shape index (κ3) is 3.68. The van der Waals surface area contributed by atoms with Gasteiger partial charge in [0.15, 0.2) is 16.1 Å². The first kappa shape index (κ1) is 15.9. The second-order valence-electron chi connectivity index (χ2n) is 4.03. The standard InChI is InChI=1S/C12H15ClO5S/c1-7-9(12(13)14)5-6-10(19(4,15)16)11(7)18-8(2)17-3/h5-6,8H,1-4H3. The molecule has 7 heteroatoms. The van der Waals surface area contributed by atoms with Crippen LogP contribution in [0.5, 0.6) is 5.75 Å². The van der Waals surface area contributed by atoms with Crippen LogP contribution in [0, 0.1) is 6.92 Å². The maximum Gasteiger partial charge on any atom is 0.252 e. The zero-order valence-corrected chi connectivity index (χ0v) is 12.6. The molecule has 0 fully saturated rings. The fourth-order valence-corrected chi connectivity index (χ4v) is 2.59. The molecule has 0 aliphatic heterocycles. The van der Waals surface area contributed by atoms with Crippen molar-refractivity contribution in [2.45, 2.75) is 25.0 Å². The number of methoxy groups -OCH3 is 1. The van der Waals surface area contributed by atoms with Crippen LogP contribution in [0.2, 0.25) is 0 Å². The first-order valence-corrected chi connectivity index (χ1v) is 7.68. The van der Waals surface area contributed by atoms with E-state index in [2.05, 4.69) is 0 Å². The van der Waals surface area contributed by atoms with Gasteiger partial charge in [-0.1, -0.05) is 0 Å². The lowest BCUT2D eigenvalue weighted by Crippen LogP contribution is -2.17. The Kier molecular flexibility index (Phi) is 4.95. The van der Waals surface area contributed by atoms with Crippen LogP contribution >= 0.6 is 11.6 Å². The molecule has 0 amide bonds. The molecule has 0 aromatic heterocycles. The van der Waals surface area contributed by atoms with E-state index >= 15 is 0 Å². The predicted molar refractivity (Wildman–Crippen MR) is 71.6 cm³/mol. The first-order chi connectivity index (χ1) is 8.68. The van der Waals surface area contributed by atoms with Gasteiger partial charge in [-0.25, -0.2) is 8.42 Å². The van der Waals surface area contributed by atoms with Gasteiger partial charge >= 0.3 is 0 Å². The highest BCUT2D eigenvalue weighted by Gasteiger charge is 2.22. The van der Waals surface area contributed by atoms with Gasteiger partial charge < -0.3 is 9.47 Å². The molecule has 1 aromatic rings. The summed E-state index contributed by atoms with van der Waals surface area (Å²) in [7, 11) is -2.06. The number of hydrogen-bond donors (Lipinski definition) is 0. The summed E-state index contributed by atoms with van der Waals surface area (Å²) in [5, 5.41) is -0.674. The van der Waals surface area contributed by atoms with E-state index in [1.165, 1.54) is 19.2 Å². The number of benzene rings is 1. The molecule has 0 saturated carbocycles. The minimum Gasteiger partial charge on any atom is -0.464 e. The minimum absolute atomic E-state index is 0.00410. The highest BCUT2D eigenvalue weighted by Crippen LogP contribution is 2.32. The van der Waals surface area contributed by atoms with Crippen LogP contribution in [0.3, 0.4) is 0 Å². The van der Waals surface area contributed by atoms with E-state index in [-0.39, 0.29) is 16.2 Å². The molecule has 0 aliphatic carbocycles. The molecule has 5 nitrogen and oxygen atoms in total. The number of carbonyl (C=O) groups is 1. The van der Waals surface area contributed by atoms with Gasteiger partial charge in [-0.15, -0.1) is 0 Å². The Bertz CT molecular complexity index is 594. The molecule has 0 bridgehead atoms. The van der Waals surface area contributed by atoms with Gasteiger partial charge in [0.05, 0.1) is 0 Å². The van der Waals surface area contributed by atoms with Crippen LogP contribution in [0.1, 0.15) is 22.8 Å². The lowest BCUT2D eigenvalue weighted by molar-refractivity contribution is -0.0404. The van der Waals surface area contributed by atoms with E-state index in [0.717, 1.165) is 6.26 Å². The summed E-state index contributed by atoms with van der Waals surface area (Å²) in [4.78, 5) is 11.3. The van der Waals surface area contributed by atoms with Gasteiger partial charge in [-0.05, 0) is 37.6 Å². The molecular formula is C12H15ClO5S. The Morgan fingerprint density at radius 3 is 2.37 bits per heavy atom. The maximum absolute atomic E-state index is 11.7. The minimum atomic E-state index is -3.49. The zero-order valence-electron chi connectivity index (χ0n) is 11.1. The van der Waals surface area contributed by atoms with Crippen LogP contribution in [0.15, 0.2) is 17.0 Å². The van der Waals surface area contributed by atoms with Crippen molar-refractivity contribution in [2.75, 3.05) is 13.4 Å². The second-order valence-corrected chi connectivity index (χ2v) is 6.36. The van der Waals surface area contributed by atoms with Gasteiger partial charge in [0.1, 0.15) is 10.6 Å². The third-order valence-corrected chi connectivity index (χ3v) is 3.92. The monoisotopic (exact) mass is 306 g/mol. The fraction of sp³-hybridized carbons (Fsp3) is 0.417. The normalized spacial score (nSPS) is 13.1. The van der Waals surface area contributed by atoms with Crippen molar-refractivity contribution >= 4 is 26.7 Å². The number of sulfone groups is 1. The molecule has 0 saturated heterocycles. The van der Waals surface area contributed by atoms with E-state index in [0.29, 0.717) is 5.56 Å². The van der Waals surface area contributed by atoms with Crippen LogP contribution < -0.4 is 4.74 Å². The number of hydrogen-bond acceptors (Lipinski definition) is 5. The number of carbonyl (C=O) groups excluding carboxylic acids is 1. The lowest BCUT2D eigenvalue weighted by atomic mass is 10.1. The number of ether oxygens (including phenoxy) is 2. The molecule has 1 aromatic carbocycles. The summed E-state index contributed by atoms with van der Waals surface area (Å²) < 4.78 is 33.8. The van der Waals surface area contributed by atoms with Crippen LogP contribution in [-0.2, 0) is 14.6 Å². The third-order valence-electron chi connectivity index (χ3n) is 2.60. The molecule has 0 spiro atoms. The van der Waals surface area contributed by atoms with Crippen molar-refractivity contribution in [3.8, 4) is 5.75 Å². The number of halogens is 1. The van der Waals surface area contributed by atoms with E-state index in [9.17, 15) is 13.2 Å². The molecule has 0 heterocycles. The summed E-state index contributed by atoms with van der Waals surface area (Å²) in [5.41, 5.74) is 0.569. The summed E-state index contributed by atoms with van der Waals surface area (Å²) >= 11 is 5.44. The molecule has 106 valence electrons. The molecule has 0 radical (unpaired) electrons. The van der Waals surface area contributed by atoms with Gasteiger partial charge in [-0.2, -0.15) is 0 Å². The van der Waals surface area contributed by atoms with Crippen molar-refractivity contribution in [1.82, 2.24) is 0 Å². The quantitative estimate of drug-likeness (QED) is 0.616. The largest absolute Gasteiger partial charge is 0.464 e. The lowest BCUT2D eigenvalue weighted by Gasteiger charge is -2.18.